The Kier molecular flexibility index (Phi) is 5.09. The minimum absolute atomic E-state index is 0.148. The Bertz CT molecular complexity index is 576. The monoisotopic (exact) mass is 285 g/mol. The summed E-state index contributed by atoms with van der Waals surface area (Å²) in [6, 6.07) is 14.0. The Morgan fingerprint density at radius 2 is 1.71 bits per heavy atom. The maximum atomic E-state index is 9.74. The molecule has 112 valence electrons. The van der Waals surface area contributed by atoms with Gasteiger partial charge in [-0.3, -0.25) is 0 Å². The second-order valence-corrected chi connectivity index (χ2v) is 5.65. The highest BCUT2D eigenvalue weighted by molar-refractivity contribution is 5.54. The number of hydrogen-bond donors (Lipinski definition) is 2. The van der Waals surface area contributed by atoms with Gasteiger partial charge < -0.3 is 15.2 Å². The van der Waals surface area contributed by atoms with Gasteiger partial charge in [0.2, 0.25) is 0 Å². The van der Waals surface area contributed by atoms with Crippen LogP contribution in [0.5, 0.6) is 11.5 Å². The van der Waals surface area contributed by atoms with E-state index >= 15 is 0 Å². The zero-order valence-electron chi connectivity index (χ0n) is 12.9. The lowest BCUT2D eigenvalue weighted by molar-refractivity contribution is 0.373. The predicted molar refractivity (Wildman–Crippen MR) is 87.0 cm³/mol. The molecular formula is C18H23NO2. The van der Waals surface area contributed by atoms with E-state index in [9.17, 15) is 5.11 Å². The summed E-state index contributed by atoms with van der Waals surface area (Å²) in [5, 5.41) is 13.0. The molecule has 2 aromatic rings. The van der Waals surface area contributed by atoms with Crippen LogP contribution < -0.4 is 10.1 Å². The largest absolute Gasteiger partial charge is 0.504 e. The molecule has 0 aliphatic carbocycles. The summed E-state index contributed by atoms with van der Waals surface area (Å²) >= 11 is 0. The molecule has 0 atom stereocenters. The molecule has 2 N–H and O–H groups in total. The third-order valence-electron chi connectivity index (χ3n) is 3.34. The fourth-order valence-electron chi connectivity index (χ4n) is 2.27. The van der Waals surface area contributed by atoms with Crippen molar-refractivity contribution in [2.24, 2.45) is 5.92 Å². The standard InChI is InChI=1S/C18H23NO2/c1-13(2)10-14-4-6-15(7-5-14)12-19-16-8-9-18(21-3)17(20)11-16/h4-9,11,13,19-20H,10,12H2,1-3H3. The van der Waals surface area contributed by atoms with Gasteiger partial charge in [0, 0.05) is 18.3 Å². The van der Waals surface area contributed by atoms with Crippen molar-refractivity contribution in [3.8, 4) is 11.5 Å². The summed E-state index contributed by atoms with van der Waals surface area (Å²) in [4.78, 5) is 0. The van der Waals surface area contributed by atoms with E-state index in [2.05, 4.69) is 43.4 Å². The van der Waals surface area contributed by atoms with Crippen LogP contribution in [0.1, 0.15) is 25.0 Å². The number of methoxy groups -OCH3 is 1. The van der Waals surface area contributed by atoms with E-state index in [0.717, 1.165) is 18.7 Å². The van der Waals surface area contributed by atoms with Gasteiger partial charge in [0.25, 0.3) is 0 Å². The first-order chi connectivity index (χ1) is 10.1. The number of aromatic hydroxyl groups is 1. The molecule has 0 aliphatic heterocycles. The molecule has 0 saturated heterocycles. The van der Waals surface area contributed by atoms with Crippen molar-refractivity contribution >= 4 is 5.69 Å². The third kappa shape index (κ3) is 4.42. The molecule has 2 rings (SSSR count). The van der Waals surface area contributed by atoms with Gasteiger partial charge in [0.05, 0.1) is 7.11 Å². The summed E-state index contributed by atoms with van der Waals surface area (Å²) in [5.74, 6) is 1.31. The molecule has 0 bridgehead atoms. The quantitative estimate of drug-likeness (QED) is 0.835. The topological polar surface area (TPSA) is 41.5 Å². The van der Waals surface area contributed by atoms with E-state index in [1.54, 1.807) is 19.2 Å². The lowest BCUT2D eigenvalue weighted by Gasteiger charge is -2.10. The van der Waals surface area contributed by atoms with Crippen molar-refractivity contribution in [3.05, 3.63) is 53.6 Å². The number of ether oxygens (including phenoxy) is 1. The minimum Gasteiger partial charge on any atom is -0.504 e. The average molecular weight is 285 g/mol. The number of hydrogen-bond acceptors (Lipinski definition) is 3. The Morgan fingerprint density at radius 1 is 1.05 bits per heavy atom. The van der Waals surface area contributed by atoms with Crippen LogP contribution in [0.3, 0.4) is 0 Å². The lowest BCUT2D eigenvalue weighted by Crippen LogP contribution is -2.00. The Hall–Kier alpha value is -2.16. The van der Waals surface area contributed by atoms with Crippen LogP contribution in [0.2, 0.25) is 0 Å². The van der Waals surface area contributed by atoms with Gasteiger partial charge in [0.15, 0.2) is 11.5 Å². The van der Waals surface area contributed by atoms with Gasteiger partial charge in [-0.25, -0.2) is 0 Å². The maximum Gasteiger partial charge on any atom is 0.160 e. The second-order valence-electron chi connectivity index (χ2n) is 5.65. The zero-order valence-corrected chi connectivity index (χ0v) is 12.9. The molecule has 21 heavy (non-hydrogen) atoms. The molecule has 2 aromatic carbocycles. The molecule has 0 spiro atoms. The van der Waals surface area contributed by atoms with E-state index in [1.807, 2.05) is 6.07 Å². The van der Waals surface area contributed by atoms with Crippen LogP contribution in [0.15, 0.2) is 42.5 Å². The molecule has 0 saturated carbocycles. The highest BCUT2D eigenvalue weighted by Crippen LogP contribution is 2.28. The van der Waals surface area contributed by atoms with E-state index in [-0.39, 0.29) is 5.75 Å². The number of benzene rings is 2. The van der Waals surface area contributed by atoms with Crippen molar-refractivity contribution in [2.75, 3.05) is 12.4 Å². The first-order valence-electron chi connectivity index (χ1n) is 7.27. The first kappa shape index (κ1) is 15.2. The molecule has 0 amide bonds. The smallest absolute Gasteiger partial charge is 0.160 e. The number of rotatable bonds is 6. The first-order valence-corrected chi connectivity index (χ1v) is 7.27. The fraction of sp³-hybridized carbons (Fsp3) is 0.333. The van der Waals surface area contributed by atoms with E-state index in [1.165, 1.54) is 11.1 Å². The van der Waals surface area contributed by atoms with Gasteiger partial charge in [0.1, 0.15) is 0 Å². The normalized spacial score (nSPS) is 10.7. The molecule has 0 aliphatic rings. The Balaban J connectivity index is 1.95. The van der Waals surface area contributed by atoms with Crippen LogP contribution in [0.4, 0.5) is 5.69 Å². The molecule has 0 radical (unpaired) electrons. The van der Waals surface area contributed by atoms with E-state index < -0.39 is 0 Å². The predicted octanol–water partition coefficient (Wildman–Crippen LogP) is 4.21. The van der Waals surface area contributed by atoms with Crippen LogP contribution in [0, 0.1) is 5.92 Å². The second kappa shape index (κ2) is 7.02. The van der Waals surface area contributed by atoms with Crippen molar-refractivity contribution in [3.63, 3.8) is 0 Å². The minimum atomic E-state index is 0.148. The molecule has 0 unspecified atom stereocenters. The molecule has 3 heteroatoms. The average Bonchev–Trinajstić information content (AvgIpc) is 2.46. The van der Waals surface area contributed by atoms with Crippen molar-refractivity contribution in [1.29, 1.82) is 0 Å². The van der Waals surface area contributed by atoms with Crippen LogP contribution in [-0.2, 0) is 13.0 Å². The molecule has 0 aromatic heterocycles. The van der Waals surface area contributed by atoms with E-state index in [0.29, 0.717) is 11.7 Å². The highest BCUT2D eigenvalue weighted by atomic mass is 16.5. The van der Waals surface area contributed by atoms with Crippen LogP contribution >= 0.6 is 0 Å². The molecule has 0 heterocycles. The van der Waals surface area contributed by atoms with Gasteiger partial charge in [-0.15, -0.1) is 0 Å². The number of phenolic OH excluding ortho intramolecular Hbond substituents is 1. The zero-order chi connectivity index (χ0) is 15.2. The molecule has 0 fully saturated rings. The third-order valence-corrected chi connectivity index (χ3v) is 3.34. The van der Waals surface area contributed by atoms with Gasteiger partial charge in [-0.2, -0.15) is 0 Å². The SMILES string of the molecule is COc1ccc(NCc2ccc(CC(C)C)cc2)cc1O. The van der Waals surface area contributed by atoms with Crippen LogP contribution in [-0.4, -0.2) is 12.2 Å². The lowest BCUT2D eigenvalue weighted by atomic mass is 10.0. The molecular weight excluding hydrogens is 262 g/mol. The summed E-state index contributed by atoms with van der Waals surface area (Å²) in [6.45, 7) is 5.19. The fourth-order valence-corrected chi connectivity index (χ4v) is 2.27. The number of nitrogens with one attached hydrogen (secondary N) is 1. The van der Waals surface area contributed by atoms with Crippen molar-refractivity contribution in [2.45, 2.75) is 26.8 Å². The van der Waals surface area contributed by atoms with Crippen LogP contribution in [0.25, 0.3) is 0 Å². The Labute approximate surface area is 126 Å². The van der Waals surface area contributed by atoms with E-state index in [4.69, 9.17) is 4.74 Å². The summed E-state index contributed by atoms with van der Waals surface area (Å²) in [6.07, 6.45) is 1.11. The summed E-state index contributed by atoms with van der Waals surface area (Å²) < 4.78 is 5.03. The molecule has 3 nitrogen and oxygen atoms in total. The highest BCUT2D eigenvalue weighted by Gasteiger charge is 2.03. The summed E-state index contributed by atoms with van der Waals surface area (Å²) in [5.41, 5.74) is 3.47. The number of phenols is 1. The van der Waals surface area contributed by atoms with Crippen molar-refractivity contribution < 1.29 is 9.84 Å². The number of anilines is 1. The van der Waals surface area contributed by atoms with Gasteiger partial charge in [-0.1, -0.05) is 38.1 Å². The van der Waals surface area contributed by atoms with Gasteiger partial charge >= 0.3 is 0 Å². The Morgan fingerprint density at radius 3 is 2.29 bits per heavy atom. The maximum absolute atomic E-state index is 9.74. The van der Waals surface area contributed by atoms with Gasteiger partial charge in [-0.05, 0) is 35.6 Å². The summed E-state index contributed by atoms with van der Waals surface area (Å²) in [7, 11) is 1.54. The van der Waals surface area contributed by atoms with Crippen molar-refractivity contribution in [1.82, 2.24) is 0 Å².